The molecule has 14 heavy (non-hydrogen) atoms. The zero-order chi connectivity index (χ0) is 10.2. The van der Waals surface area contributed by atoms with E-state index in [1.165, 1.54) is 12.8 Å². The Morgan fingerprint density at radius 1 is 1.64 bits per heavy atom. The quantitative estimate of drug-likeness (QED) is 0.696. The van der Waals surface area contributed by atoms with Crippen LogP contribution >= 0.6 is 11.8 Å². The highest BCUT2D eigenvalue weighted by atomic mass is 32.2. The highest BCUT2D eigenvalue weighted by Gasteiger charge is 2.13. The predicted molar refractivity (Wildman–Crippen MR) is 61.7 cm³/mol. The molecule has 0 bridgehead atoms. The molecule has 1 atom stereocenters. The summed E-state index contributed by atoms with van der Waals surface area (Å²) in [5.74, 6) is 1.12. The highest BCUT2D eigenvalue weighted by molar-refractivity contribution is 7.98. The molecule has 0 aliphatic carbocycles. The first-order chi connectivity index (χ1) is 6.83. The van der Waals surface area contributed by atoms with Crippen LogP contribution in [0.2, 0.25) is 0 Å². The summed E-state index contributed by atoms with van der Waals surface area (Å²) in [6, 6.07) is 0.635. The number of rotatable bonds is 6. The normalized spacial score (nSPS) is 21.1. The molecule has 0 aromatic heterocycles. The highest BCUT2D eigenvalue weighted by Crippen LogP contribution is 2.07. The number of nitrogens with one attached hydrogen (secondary N) is 2. The van der Waals surface area contributed by atoms with Crippen molar-refractivity contribution in [1.29, 1.82) is 0 Å². The van der Waals surface area contributed by atoms with Crippen LogP contribution in [0.1, 0.15) is 25.7 Å². The zero-order valence-electron chi connectivity index (χ0n) is 8.84. The van der Waals surface area contributed by atoms with Gasteiger partial charge >= 0.3 is 0 Å². The summed E-state index contributed by atoms with van der Waals surface area (Å²) < 4.78 is 0. The van der Waals surface area contributed by atoms with Gasteiger partial charge in [0.25, 0.3) is 0 Å². The smallest absolute Gasteiger partial charge is 0.220 e. The number of thioether (sulfide) groups is 1. The molecular weight excluding hydrogens is 196 g/mol. The summed E-state index contributed by atoms with van der Waals surface area (Å²) in [5.41, 5.74) is 0. The van der Waals surface area contributed by atoms with E-state index in [9.17, 15) is 4.79 Å². The molecule has 1 saturated heterocycles. The van der Waals surface area contributed by atoms with Crippen molar-refractivity contribution in [2.24, 2.45) is 0 Å². The summed E-state index contributed by atoms with van der Waals surface area (Å²) >= 11 is 1.72. The van der Waals surface area contributed by atoms with Crippen molar-refractivity contribution in [2.75, 3.05) is 25.1 Å². The molecule has 0 aromatic rings. The minimum atomic E-state index is 0.192. The number of amides is 1. The Morgan fingerprint density at radius 2 is 2.50 bits per heavy atom. The molecule has 82 valence electrons. The van der Waals surface area contributed by atoms with Gasteiger partial charge in [-0.3, -0.25) is 4.79 Å². The van der Waals surface area contributed by atoms with Crippen LogP contribution in [-0.4, -0.2) is 37.0 Å². The molecule has 1 aliphatic heterocycles. The van der Waals surface area contributed by atoms with Crippen LogP contribution in [-0.2, 0) is 4.79 Å². The topological polar surface area (TPSA) is 41.1 Å². The zero-order valence-corrected chi connectivity index (χ0v) is 9.66. The molecule has 1 amide bonds. The molecule has 1 rings (SSSR count). The number of carbonyl (C=O) groups is 1. The van der Waals surface area contributed by atoms with E-state index in [4.69, 9.17) is 0 Å². The van der Waals surface area contributed by atoms with Gasteiger partial charge in [0.05, 0.1) is 0 Å². The van der Waals surface area contributed by atoms with Crippen molar-refractivity contribution in [2.45, 2.75) is 31.7 Å². The van der Waals surface area contributed by atoms with Gasteiger partial charge in [0.1, 0.15) is 0 Å². The summed E-state index contributed by atoms with van der Waals surface area (Å²) in [5, 5.41) is 6.37. The van der Waals surface area contributed by atoms with Gasteiger partial charge < -0.3 is 10.6 Å². The third kappa shape index (κ3) is 4.86. The Labute approximate surface area is 90.4 Å². The maximum Gasteiger partial charge on any atom is 0.220 e. The van der Waals surface area contributed by atoms with Gasteiger partial charge in [-0.25, -0.2) is 0 Å². The van der Waals surface area contributed by atoms with E-state index >= 15 is 0 Å². The van der Waals surface area contributed by atoms with Gasteiger partial charge in [-0.05, 0) is 32.1 Å². The van der Waals surface area contributed by atoms with E-state index in [1.807, 2.05) is 6.26 Å². The lowest BCUT2D eigenvalue weighted by atomic mass is 10.1. The van der Waals surface area contributed by atoms with Gasteiger partial charge in [-0.15, -0.1) is 0 Å². The van der Waals surface area contributed by atoms with Gasteiger partial charge in [0.15, 0.2) is 0 Å². The molecule has 0 aromatic carbocycles. The second-order valence-electron chi connectivity index (χ2n) is 3.67. The molecule has 0 spiro atoms. The number of hydrogen-bond acceptors (Lipinski definition) is 3. The number of carbonyl (C=O) groups excluding carboxylic acids is 1. The fourth-order valence-corrected chi connectivity index (χ4v) is 2.06. The maximum absolute atomic E-state index is 11.2. The van der Waals surface area contributed by atoms with Gasteiger partial charge in [0.2, 0.25) is 5.91 Å². The van der Waals surface area contributed by atoms with Gasteiger partial charge in [-0.2, -0.15) is 11.8 Å². The summed E-state index contributed by atoms with van der Waals surface area (Å²) in [7, 11) is 0. The van der Waals surface area contributed by atoms with Gasteiger partial charge in [0, 0.05) is 24.8 Å². The Morgan fingerprint density at radius 3 is 3.14 bits per heavy atom. The third-order valence-corrected chi connectivity index (χ3v) is 3.12. The van der Waals surface area contributed by atoms with Crippen LogP contribution in [0.5, 0.6) is 0 Å². The van der Waals surface area contributed by atoms with E-state index in [0.717, 1.165) is 25.3 Å². The Bertz CT molecular complexity index is 170. The van der Waals surface area contributed by atoms with Crippen LogP contribution in [0.4, 0.5) is 0 Å². The van der Waals surface area contributed by atoms with Crippen LogP contribution in [0.15, 0.2) is 0 Å². The SMILES string of the molecule is CSCCC(=O)NCC[C@H]1CCCN1. The fraction of sp³-hybridized carbons (Fsp3) is 0.900. The molecule has 1 fully saturated rings. The standard InChI is InChI=1S/C10H20N2OS/c1-14-8-5-10(13)12-7-4-9-3-2-6-11-9/h9,11H,2-8H2,1H3,(H,12,13)/t9-/m1/s1. The predicted octanol–water partition coefficient (Wildman–Crippen LogP) is 0.998. The van der Waals surface area contributed by atoms with Crippen molar-refractivity contribution < 1.29 is 4.79 Å². The molecule has 3 nitrogen and oxygen atoms in total. The van der Waals surface area contributed by atoms with E-state index in [1.54, 1.807) is 11.8 Å². The lowest BCUT2D eigenvalue weighted by Gasteiger charge is -2.10. The Hall–Kier alpha value is -0.220. The fourth-order valence-electron chi connectivity index (χ4n) is 1.67. The average Bonchev–Trinajstić information content (AvgIpc) is 2.67. The lowest BCUT2D eigenvalue weighted by Crippen LogP contribution is -2.30. The number of hydrogen-bond donors (Lipinski definition) is 2. The third-order valence-electron chi connectivity index (χ3n) is 2.51. The maximum atomic E-state index is 11.2. The molecule has 1 heterocycles. The van der Waals surface area contributed by atoms with Crippen molar-refractivity contribution in [3.63, 3.8) is 0 Å². The minimum absolute atomic E-state index is 0.192. The summed E-state index contributed by atoms with van der Waals surface area (Å²) in [6.45, 7) is 1.97. The van der Waals surface area contributed by atoms with Crippen molar-refractivity contribution >= 4 is 17.7 Å². The second kappa shape index (κ2) is 7.12. The Kier molecular flexibility index (Phi) is 6.03. The van der Waals surface area contributed by atoms with Crippen LogP contribution < -0.4 is 10.6 Å². The second-order valence-corrected chi connectivity index (χ2v) is 4.66. The molecule has 0 saturated carbocycles. The average molecular weight is 216 g/mol. The van der Waals surface area contributed by atoms with Gasteiger partial charge in [-0.1, -0.05) is 0 Å². The first-order valence-corrected chi connectivity index (χ1v) is 6.71. The monoisotopic (exact) mass is 216 g/mol. The molecule has 1 aliphatic rings. The largest absolute Gasteiger partial charge is 0.356 e. The molecule has 0 unspecified atom stereocenters. The van der Waals surface area contributed by atoms with E-state index in [-0.39, 0.29) is 5.91 Å². The Balaban J connectivity index is 1.94. The van der Waals surface area contributed by atoms with E-state index < -0.39 is 0 Å². The van der Waals surface area contributed by atoms with Crippen LogP contribution in [0.25, 0.3) is 0 Å². The summed E-state index contributed by atoms with van der Waals surface area (Å²) in [4.78, 5) is 11.2. The first kappa shape index (κ1) is 11.9. The summed E-state index contributed by atoms with van der Waals surface area (Å²) in [6.07, 6.45) is 6.30. The minimum Gasteiger partial charge on any atom is -0.356 e. The van der Waals surface area contributed by atoms with Crippen LogP contribution in [0, 0.1) is 0 Å². The van der Waals surface area contributed by atoms with E-state index in [2.05, 4.69) is 10.6 Å². The molecule has 2 N–H and O–H groups in total. The lowest BCUT2D eigenvalue weighted by molar-refractivity contribution is -0.120. The molecular formula is C10H20N2OS. The molecule has 4 heteroatoms. The van der Waals surface area contributed by atoms with E-state index in [0.29, 0.717) is 12.5 Å². The van der Waals surface area contributed by atoms with Crippen molar-refractivity contribution in [3.05, 3.63) is 0 Å². The first-order valence-electron chi connectivity index (χ1n) is 5.32. The van der Waals surface area contributed by atoms with Crippen molar-refractivity contribution in [1.82, 2.24) is 10.6 Å². The molecule has 0 radical (unpaired) electrons. The van der Waals surface area contributed by atoms with Crippen LogP contribution in [0.3, 0.4) is 0 Å². The van der Waals surface area contributed by atoms with Crippen molar-refractivity contribution in [3.8, 4) is 0 Å².